The summed E-state index contributed by atoms with van der Waals surface area (Å²) in [5.41, 5.74) is 0. The Bertz CT molecular complexity index is 1140. The fraction of sp³-hybridized carbons (Fsp3) is 0.932. The first kappa shape index (κ1) is 69.4. The minimum absolute atomic E-state index is 0.0965. The lowest BCUT2D eigenvalue weighted by molar-refractivity contribution is -0.146. The molecule has 0 amide bonds. The molecule has 0 fully saturated rings. The summed E-state index contributed by atoms with van der Waals surface area (Å²) in [6, 6.07) is 0. The molecule has 13 nitrogen and oxygen atoms in total. The molecule has 0 heterocycles. The van der Waals surface area contributed by atoms with Crippen LogP contribution in [0.3, 0.4) is 0 Å². The van der Waals surface area contributed by atoms with Gasteiger partial charge in [0.25, 0.3) is 0 Å². The predicted molar refractivity (Wildman–Crippen MR) is 293 cm³/mol. The number of nitrogens with zero attached hydrogens (tertiary/aromatic N) is 2. The lowest BCUT2D eigenvalue weighted by Gasteiger charge is -2.27. The molecule has 0 radical (unpaired) electrons. The first-order chi connectivity index (χ1) is 35.1. The number of aliphatic hydroxyl groups is 1. The number of hydrogen-bond donors (Lipinski definition) is 1. The molecule has 0 bridgehead atoms. The Morgan fingerprint density at radius 2 is 0.722 bits per heavy atom. The number of ether oxygens (including phenoxy) is 6. The smallest absolute Gasteiger partial charge is 0.465 e. The van der Waals surface area contributed by atoms with Gasteiger partial charge in [0.1, 0.15) is 25.4 Å². The van der Waals surface area contributed by atoms with Crippen LogP contribution in [-0.2, 0) is 38.0 Å². The van der Waals surface area contributed by atoms with Gasteiger partial charge < -0.3 is 38.4 Å². The first-order valence-corrected chi connectivity index (χ1v) is 30.1. The van der Waals surface area contributed by atoms with Gasteiger partial charge in [0.05, 0.1) is 13.2 Å². The van der Waals surface area contributed by atoms with E-state index >= 15 is 0 Å². The Hall–Kier alpha value is -2.64. The van der Waals surface area contributed by atoms with Crippen LogP contribution in [0, 0.1) is 11.8 Å². The van der Waals surface area contributed by atoms with Crippen molar-refractivity contribution in [2.24, 2.45) is 11.8 Å². The van der Waals surface area contributed by atoms with Crippen LogP contribution in [0.15, 0.2) is 0 Å². The van der Waals surface area contributed by atoms with Crippen molar-refractivity contribution in [1.29, 1.82) is 0 Å². The van der Waals surface area contributed by atoms with E-state index in [1.165, 1.54) is 77.0 Å². The zero-order valence-electron chi connectivity index (χ0n) is 47.8. The van der Waals surface area contributed by atoms with Crippen LogP contribution in [-0.4, -0.2) is 124 Å². The highest BCUT2D eigenvalue weighted by atomic mass is 16.7. The number of carbonyl (C=O) groups is 4. The van der Waals surface area contributed by atoms with Crippen LogP contribution in [0.4, 0.5) is 9.59 Å². The number of carbonyl (C=O) groups excluding carboxylic acids is 4. The molecule has 0 aliphatic heterocycles. The van der Waals surface area contributed by atoms with Crippen molar-refractivity contribution >= 4 is 24.2 Å². The summed E-state index contributed by atoms with van der Waals surface area (Å²) in [5.74, 6) is 0.471. The van der Waals surface area contributed by atoms with Crippen LogP contribution >= 0.6 is 0 Å². The lowest BCUT2D eigenvalue weighted by Crippen LogP contribution is -2.39. The number of aliphatic hydroxyl groups excluding tert-OH is 1. The third kappa shape index (κ3) is 43.7. The van der Waals surface area contributed by atoms with Crippen LogP contribution < -0.4 is 0 Å². The highest BCUT2D eigenvalue weighted by Gasteiger charge is 2.21. The first-order valence-electron chi connectivity index (χ1n) is 30.1. The fourth-order valence-electron chi connectivity index (χ4n) is 9.19. The Labute approximate surface area is 442 Å². The normalized spacial score (nSPS) is 12.4. The van der Waals surface area contributed by atoms with E-state index < -0.39 is 12.3 Å². The average molecular weight is 1030 g/mol. The molecule has 0 aromatic heterocycles. The van der Waals surface area contributed by atoms with E-state index in [0.717, 1.165) is 96.7 Å². The van der Waals surface area contributed by atoms with Gasteiger partial charge in [-0.25, -0.2) is 9.59 Å². The van der Waals surface area contributed by atoms with Gasteiger partial charge in [0.2, 0.25) is 0 Å². The molecule has 2 atom stereocenters. The molecule has 0 saturated heterocycles. The van der Waals surface area contributed by atoms with E-state index in [2.05, 4.69) is 58.3 Å². The van der Waals surface area contributed by atoms with E-state index in [9.17, 15) is 24.3 Å². The molecule has 2 unspecified atom stereocenters. The minimum Gasteiger partial charge on any atom is -0.465 e. The summed E-state index contributed by atoms with van der Waals surface area (Å²) in [4.78, 5) is 56.3. The van der Waals surface area contributed by atoms with Crippen molar-refractivity contribution in [3.05, 3.63) is 0 Å². The van der Waals surface area contributed by atoms with Crippen molar-refractivity contribution in [2.45, 2.75) is 273 Å². The van der Waals surface area contributed by atoms with E-state index in [4.69, 9.17) is 28.4 Å². The molecule has 1 N–H and O–H groups in total. The monoisotopic (exact) mass is 1030 g/mol. The molecule has 0 aromatic carbocycles. The molecular weight excluding hydrogens is 913 g/mol. The van der Waals surface area contributed by atoms with Gasteiger partial charge in [-0.2, -0.15) is 0 Å². The molecule has 426 valence electrons. The van der Waals surface area contributed by atoms with E-state index in [-0.39, 0.29) is 44.0 Å². The summed E-state index contributed by atoms with van der Waals surface area (Å²) in [6.07, 6.45) is 29.9. The topological polar surface area (TPSA) is 150 Å². The van der Waals surface area contributed by atoms with E-state index in [1.54, 1.807) is 0 Å². The molecule has 13 heteroatoms. The summed E-state index contributed by atoms with van der Waals surface area (Å²) in [6.45, 7) is 20.3. The lowest BCUT2D eigenvalue weighted by atomic mass is 9.96. The minimum atomic E-state index is -0.717. The third-order valence-corrected chi connectivity index (χ3v) is 14.0. The Morgan fingerprint density at radius 1 is 0.375 bits per heavy atom. The second kappa shape index (κ2) is 51.8. The SMILES string of the molecule is CCCCCCC(CCCC(=O)OCC(CCCCC)CCCCC)OC(=O)OCCN(CCOC(=O)OC(CCCCCC)CCCC(=O)OCC(CCCCC)CCCCC)CCN(CC)CCCO. The van der Waals surface area contributed by atoms with Crippen LogP contribution in [0.1, 0.15) is 260 Å². The number of esters is 2. The summed E-state index contributed by atoms with van der Waals surface area (Å²) >= 11 is 0. The van der Waals surface area contributed by atoms with Gasteiger partial charge in [0.15, 0.2) is 0 Å². The van der Waals surface area contributed by atoms with Gasteiger partial charge in [-0.05, 0) is 102 Å². The average Bonchev–Trinajstić information content (AvgIpc) is 3.36. The third-order valence-electron chi connectivity index (χ3n) is 14.0. The van der Waals surface area contributed by atoms with Gasteiger partial charge in [0, 0.05) is 52.2 Å². The second-order valence-electron chi connectivity index (χ2n) is 20.6. The Morgan fingerprint density at radius 3 is 1.08 bits per heavy atom. The number of likely N-dealkylation sites (N-methyl/N-ethyl adjacent to an activating group) is 1. The van der Waals surface area contributed by atoms with Crippen molar-refractivity contribution in [3.8, 4) is 0 Å². The van der Waals surface area contributed by atoms with Crippen LogP contribution in [0.25, 0.3) is 0 Å². The maximum absolute atomic E-state index is 13.1. The van der Waals surface area contributed by atoms with Crippen molar-refractivity contribution < 1.29 is 52.7 Å². The zero-order valence-corrected chi connectivity index (χ0v) is 47.8. The van der Waals surface area contributed by atoms with Crippen molar-refractivity contribution in [3.63, 3.8) is 0 Å². The molecule has 0 aliphatic carbocycles. The van der Waals surface area contributed by atoms with Gasteiger partial charge in [-0.15, -0.1) is 0 Å². The Balaban J connectivity index is 5.39. The molecule has 0 saturated carbocycles. The molecule has 0 spiro atoms. The molecule has 72 heavy (non-hydrogen) atoms. The highest BCUT2D eigenvalue weighted by Crippen LogP contribution is 2.22. The van der Waals surface area contributed by atoms with E-state index in [1.807, 2.05) is 0 Å². The Kier molecular flexibility index (Phi) is 49.9. The van der Waals surface area contributed by atoms with Crippen LogP contribution in [0.5, 0.6) is 0 Å². The fourth-order valence-corrected chi connectivity index (χ4v) is 9.19. The second-order valence-corrected chi connectivity index (χ2v) is 20.6. The maximum Gasteiger partial charge on any atom is 0.508 e. The van der Waals surface area contributed by atoms with Gasteiger partial charge in [-0.3, -0.25) is 14.5 Å². The molecular formula is C59H114N2O11. The summed E-state index contributed by atoms with van der Waals surface area (Å²) in [7, 11) is 0. The standard InChI is InChI=1S/C59H114N2O11/c1-8-15-21-27-36-54(38-29-40-56(63)69-50-52(32-23-17-10-3)33-24-18-11-4)71-58(65)67-48-45-61(44-43-60(14-7)42-31-47-62)46-49-68-59(66)72-55(37-28-22-16-9-2)39-30-41-57(64)70-51-53(34-25-19-12-5)35-26-20-13-6/h52-55,62H,8-51H2,1-7H3. The summed E-state index contributed by atoms with van der Waals surface area (Å²) in [5, 5.41) is 9.44. The van der Waals surface area contributed by atoms with E-state index in [0.29, 0.717) is 102 Å². The van der Waals surface area contributed by atoms with Gasteiger partial charge in [-0.1, -0.05) is 164 Å². The molecule has 0 rings (SSSR count). The van der Waals surface area contributed by atoms with Crippen molar-refractivity contribution in [1.82, 2.24) is 9.80 Å². The number of unbranched alkanes of at least 4 members (excludes halogenated alkanes) is 14. The van der Waals surface area contributed by atoms with Gasteiger partial charge >= 0.3 is 24.2 Å². The summed E-state index contributed by atoms with van der Waals surface area (Å²) < 4.78 is 34.6. The quantitative estimate of drug-likeness (QED) is 0.0350. The number of rotatable bonds is 53. The van der Waals surface area contributed by atoms with Crippen LogP contribution in [0.2, 0.25) is 0 Å². The maximum atomic E-state index is 13.1. The largest absolute Gasteiger partial charge is 0.508 e. The molecule has 0 aromatic rings. The van der Waals surface area contributed by atoms with Crippen molar-refractivity contribution in [2.75, 3.05) is 72.3 Å². The molecule has 0 aliphatic rings. The predicted octanol–water partition coefficient (Wildman–Crippen LogP) is 15.0. The zero-order chi connectivity index (χ0) is 53.1. The highest BCUT2D eigenvalue weighted by molar-refractivity contribution is 5.69. The number of hydrogen-bond acceptors (Lipinski definition) is 13.